The SMILES string of the molecule is CCO[Si](CCCN1C(C(CC[Si](OCC)(OCC)OCC)C(=O)O)C1C(CC[Si](OCC)(OCC)OCC)C(=O)O)(OCC)OCC. The van der Waals surface area contributed by atoms with Crippen molar-refractivity contribution in [3.63, 3.8) is 0 Å². The Morgan fingerprint density at radius 2 is 0.750 bits per heavy atom. The summed E-state index contributed by atoms with van der Waals surface area (Å²) < 4.78 is 54.2. The molecule has 0 bridgehead atoms. The Bertz CT molecular complexity index is 801. The molecule has 4 unspecified atom stereocenters. The molecule has 0 spiro atoms. The van der Waals surface area contributed by atoms with E-state index in [0.717, 1.165) is 0 Å². The monoisotopic (exact) mass is 743 g/mol. The number of nitrogens with zero attached hydrogens (tertiary/aromatic N) is 1. The standard InChI is InChI=1S/C31H65NO13Si3/c1-10-37-46(38-11-2,39-12-3)23-19-22-32-28(26(30(33)34)20-24-47(40-13-4,41-14-5)42-15-6)29(32)27(31(35)36)21-25-48(43-16-7,44-17-8)45-18-9/h26-29H,10-25H2,1-9H3,(H,33,34)(H,35,36). The molecule has 4 atom stereocenters. The van der Waals surface area contributed by atoms with Gasteiger partial charge in [0.05, 0.1) is 11.8 Å². The summed E-state index contributed by atoms with van der Waals surface area (Å²) in [6.45, 7) is 20.9. The van der Waals surface area contributed by atoms with Gasteiger partial charge in [-0.15, -0.1) is 0 Å². The Morgan fingerprint density at radius 1 is 0.500 bits per heavy atom. The summed E-state index contributed by atoms with van der Waals surface area (Å²) in [5.41, 5.74) is 0. The molecule has 0 saturated carbocycles. The minimum atomic E-state index is -3.15. The number of hydrogen-bond donors (Lipinski definition) is 2. The molecule has 2 N–H and O–H groups in total. The van der Waals surface area contributed by atoms with E-state index in [-0.39, 0.29) is 12.8 Å². The van der Waals surface area contributed by atoms with E-state index in [4.69, 9.17) is 39.8 Å². The van der Waals surface area contributed by atoms with Gasteiger partial charge in [0, 0.05) is 89.7 Å². The minimum absolute atomic E-state index is 0.219. The minimum Gasteiger partial charge on any atom is -0.481 e. The lowest BCUT2D eigenvalue weighted by molar-refractivity contribution is -0.144. The predicted octanol–water partition coefficient (Wildman–Crippen LogP) is 4.76. The van der Waals surface area contributed by atoms with E-state index in [9.17, 15) is 19.8 Å². The van der Waals surface area contributed by atoms with Gasteiger partial charge in [-0.25, -0.2) is 0 Å². The third kappa shape index (κ3) is 13.7. The fourth-order valence-electron chi connectivity index (χ4n) is 6.58. The number of rotatable bonds is 32. The molecule has 14 nitrogen and oxygen atoms in total. The average molecular weight is 744 g/mol. The van der Waals surface area contributed by atoms with Gasteiger partial charge in [0.25, 0.3) is 0 Å². The number of hydrogen-bond acceptors (Lipinski definition) is 12. The van der Waals surface area contributed by atoms with Crippen molar-refractivity contribution in [3.8, 4) is 0 Å². The molecule has 0 aliphatic carbocycles. The van der Waals surface area contributed by atoms with Crippen LogP contribution in [0.15, 0.2) is 0 Å². The van der Waals surface area contributed by atoms with Crippen molar-refractivity contribution in [2.24, 2.45) is 11.8 Å². The van der Waals surface area contributed by atoms with Gasteiger partial charge >= 0.3 is 38.4 Å². The van der Waals surface area contributed by atoms with Crippen LogP contribution >= 0.6 is 0 Å². The highest BCUT2D eigenvalue weighted by Crippen LogP contribution is 2.45. The third-order valence-corrected chi connectivity index (χ3v) is 17.5. The summed E-state index contributed by atoms with van der Waals surface area (Å²) in [5.74, 6) is -3.73. The zero-order valence-corrected chi connectivity index (χ0v) is 34.0. The van der Waals surface area contributed by atoms with E-state index < -0.39 is 62.3 Å². The quantitative estimate of drug-likeness (QED) is 0.0717. The van der Waals surface area contributed by atoms with Crippen LogP contribution in [-0.2, 0) is 49.4 Å². The molecule has 17 heteroatoms. The van der Waals surface area contributed by atoms with Crippen molar-refractivity contribution in [2.75, 3.05) is 66.0 Å². The maximum atomic E-state index is 12.9. The molecular formula is C31H65NO13Si3. The zero-order valence-electron chi connectivity index (χ0n) is 31.0. The lowest BCUT2D eigenvalue weighted by atomic mass is 9.92. The fourth-order valence-corrected chi connectivity index (χ4v) is 14.5. The van der Waals surface area contributed by atoms with Gasteiger partial charge in [-0.1, -0.05) is 0 Å². The Hall–Kier alpha value is -0.809. The van der Waals surface area contributed by atoms with Gasteiger partial charge in [0.15, 0.2) is 0 Å². The van der Waals surface area contributed by atoms with Gasteiger partial charge in [-0.2, -0.15) is 0 Å². The number of carbonyl (C=O) groups is 2. The maximum absolute atomic E-state index is 12.9. The van der Waals surface area contributed by atoms with Gasteiger partial charge in [0.1, 0.15) is 0 Å². The molecule has 1 aliphatic heterocycles. The highest BCUT2D eigenvalue weighted by molar-refractivity contribution is 6.61. The van der Waals surface area contributed by atoms with Crippen molar-refractivity contribution in [2.45, 2.75) is 112 Å². The topological polar surface area (TPSA) is 161 Å². The van der Waals surface area contributed by atoms with Crippen molar-refractivity contribution in [1.29, 1.82) is 0 Å². The first-order valence-electron chi connectivity index (χ1n) is 17.9. The molecule has 0 aromatic heterocycles. The van der Waals surface area contributed by atoms with E-state index in [1.165, 1.54) is 0 Å². The molecule has 48 heavy (non-hydrogen) atoms. The van der Waals surface area contributed by atoms with Crippen molar-refractivity contribution in [3.05, 3.63) is 0 Å². The highest BCUT2D eigenvalue weighted by atomic mass is 28.4. The maximum Gasteiger partial charge on any atom is 0.500 e. The van der Waals surface area contributed by atoms with Crippen LogP contribution in [0.3, 0.4) is 0 Å². The largest absolute Gasteiger partial charge is 0.500 e. The molecule has 284 valence electrons. The van der Waals surface area contributed by atoms with Crippen LogP contribution in [0.5, 0.6) is 0 Å². The smallest absolute Gasteiger partial charge is 0.481 e. The first kappa shape index (κ1) is 45.2. The number of carboxylic acid groups (broad SMARTS) is 2. The summed E-state index contributed by atoms with van der Waals surface area (Å²) in [4.78, 5) is 27.9. The summed E-state index contributed by atoms with van der Waals surface area (Å²) in [5, 5.41) is 21.1. The average Bonchev–Trinajstić information content (AvgIpc) is 3.70. The fraction of sp³-hybridized carbons (Fsp3) is 0.935. The Balaban J connectivity index is 3.45. The van der Waals surface area contributed by atoms with Crippen molar-refractivity contribution < 1.29 is 59.6 Å². The molecule has 1 aliphatic rings. The lowest BCUT2D eigenvalue weighted by Crippen LogP contribution is -2.47. The van der Waals surface area contributed by atoms with Crippen LogP contribution < -0.4 is 0 Å². The molecule has 0 amide bonds. The predicted molar refractivity (Wildman–Crippen MR) is 187 cm³/mol. The second kappa shape index (κ2) is 23.6. The normalized spacial score (nSPS) is 19.7. The highest BCUT2D eigenvalue weighted by Gasteiger charge is 2.60. The molecular weight excluding hydrogens is 679 g/mol. The van der Waals surface area contributed by atoms with Crippen LogP contribution in [0.25, 0.3) is 0 Å². The molecule has 1 rings (SSSR count). The van der Waals surface area contributed by atoms with Crippen LogP contribution in [0.1, 0.15) is 81.6 Å². The number of aliphatic carboxylic acids is 2. The second-order valence-electron chi connectivity index (χ2n) is 11.2. The van der Waals surface area contributed by atoms with E-state index >= 15 is 0 Å². The Kier molecular flexibility index (Phi) is 22.3. The third-order valence-electron chi connectivity index (χ3n) is 8.19. The van der Waals surface area contributed by atoms with Crippen LogP contribution in [0.2, 0.25) is 18.1 Å². The van der Waals surface area contributed by atoms with E-state index in [0.29, 0.717) is 90.6 Å². The molecule has 0 aromatic rings. The summed E-state index contributed by atoms with van der Waals surface area (Å²) in [6.07, 6.45) is 1.02. The van der Waals surface area contributed by atoms with Crippen molar-refractivity contribution >= 4 is 38.4 Å². The first-order valence-corrected chi connectivity index (χ1v) is 23.7. The Morgan fingerprint density at radius 3 is 0.979 bits per heavy atom. The molecule has 0 aromatic carbocycles. The lowest BCUT2D eigenvalue weighted by Gasteiger charge is -2.29. The molecule has 1 saturated heterocycles. The zero-order chi connectivity index (χ0) is 36.2. The van der Waals surface area contributed by atoms with E-state index in [2.05, 4.69) is 0 Å². The van der Waals surface area contributed by atoms with E-state index in [1.807, 2.05) is 67.2 Å². The van der Waals surface area contributed by atoms with Gasteiger partial charge in [-0.3, -0.25) is 14.5 Å². The molecule has 1 fully saturated rings. The van der Waals surface area contributed by atoms with Gasteiger partial charge in [0.2, 0.25) is 0 Å². The molecule has 0 radical (unpaired) electrons. The number of carboxylic acids is 2. The van der Waals surface area contributed by atoms with Crippen LogP contribution in [0, 0.1) is 11.8 Å². The van der Waals surface area contributed by atoms with Crippen LogP contribution in [-0.4, -0.2) is 132 Å². The summed E-state index contributed by atoms with van der Waals surface area (Å²) >= 11 is 0. The van der Waals surface area contributed by atoms with Crippen LogP contribution in [0.4, 0.5) is 0 Å². The first-order chi connectivity index (χ1) is 23.0. The Labute approximate surface area is 292 Å². The van der Waals surface area contributed by atoms with E-state index in [1.54, 1.807) is 0 Å². The molecule has 1 heterocycles. The summed E-state index contributed by atoms with van der Waals surface area (Å²) in [7, 11) is -9.25. The van der Waals surface area contributed by atoms with Gasteiger partial charge < -0.3 is 50.0 Å². The second-order valence-corrected chi connectivity index (χ2v) is 19.4. The summed E-state index contributed by atoms with van der Waals surface area (Å²) in [6, 6.07) is 0.0872. The van der Waals surface area contributed by atoms with Crippen molar-refractivity contribution in [1.82, 2.24) is 4.90 Å². The van der Waals surface area contributed by atoms with Gasteiger partial charge in [-0.05, 0) is 88.1 Å².